The van der Waals surface area contributed by atoms with Gasteiger partial charge in [0.25, 0.3) is 0 Å². The van der Waals surface area contributed by atoms with Crippen LogP contribution in [0, 0.1) is 7.05 Å². The summed E-state index contributed by atoms with van der Waals surface area (Å²) in [6.45, 7) is 0.855. The zero-order valence-corrected chi connectivity index (χ0v) is 7.51. The molecule has 2 nitrogen and oxygen atoms in total. The normalized spacial score (nSPS) is 10.2. The van der Waals surface area contributed by atoms with Gasteiger partial charge in [-0.15, -0.1) is 0 Å². The summed E-state index contributed by atoms with van der Waals surface area (Å²) in [5.41, 5.74) is 0.877. The highest BCUT2D eigenvalue weighted by molar-refractivity contribution is 6.30. The highest BCUT2D eigenvalue weighted by atomic mass is 35.5. The first-order chi connectivity index (χ1) is 5.74. The largest absolute Gasteiger partial charge is 0.508 e. The van der Waals surface area contributed by atoms with Crippen LogP contribution in [-0.4, -0.2) is 11.7 Å². The number of benzene rings is 1. The van der Waals surface area contributed by atoms with E-state index in [0.29, 0.717) is 10.8 Å². The van der Waals surface area contributed by atoms with Crippen LogP contribution in [0.2, 0.25) is 5.02 Å². The molecule has 0 saturated carbocycles. The number of halogens is 1. The zero-order valence-electron chi connectivity index (χ0n) is 6.76. The molecule has 0 aliphatic heterocycles. The van der Waals surface area contributed by atoms with Crippen LogP contribution in [0.25, 0.3) is 0 Å². The van der Waals surface area contributed by atoms with Gasteiger partial charge in [-0.1, -0.05) is 11.6 Å². The van der Waals surface area contributed by atoms with Crippen molar-refractivity contribution in [1.82, 2.24) is 0 Å². The topological polar surface area (TPSA) is 36.8 Å². The number of hydrogen-bond acceptors (Lipinski definition) is 1. The van der Waals surface area contributed by atoms with Crippen molar-refractivity contribution in [2.75, 3.05) is 6.54 Å². The number of phenolic OH excluding ortho intramolecular Hbond substituents is 1. The van der Waals surface area contributed by atoms with E-state index in [-0.39, 0.29) is 0 Å². The van der Waals surface area contributed by atoms with Crippen molar-refractivity contribution in [3.63, 3.8) is 0 Å². The van der Waals surface area contributed by atoms with E-state index in [4.69, 9.17) is 11.6 Å². The Labute approximate surface area is 77.2 Å². The number of rotatable bonds is 3. The Bertz CT molecular complexity index is 263. The van der Waals surface area contributed by atoms with E-state index in [9.17, 15) is 5.11 Å². The fraction of sp³-hybridized carbons (Fsp3) is 0.222. The summed E-state index contributed by atoms with van der Waals surface area (Å²) in [6.07, 6.45) is 0.788. The van der Waals surface area contributed by atoms with Gasteiger partial charge >= 0.3 is 0 Å². The van der Waals surface area contributed by atoms with E-state index in [1.54, 1.807) is 18.2 Å². The standard InChI is InChI=1S/C9H12ClNO/c1-11-5-4-7-6-8(10)2-3-9(7)12/h2-3,6,12H,1,4-5,11H2. The second-order valence-electron chi connectivity index (χ2n) is 2.60. The van der Waals surface area contributed by atoms with Gasteiger partial charge < -0.3 is 10.4 Å². The summed E-state index contributed by atoms with van der Waals surface area (Å²) in [6, 6.07) is 5.06. The number of nitrogens with two attached hydrogens (primary N) is 1. The van der Waals surface area contributed by atoms with Gasteiger partial charge in [0.05, 0.1) is 6.54 Å². The minimum Gasteiger partial charge on any atom is -0.508 e. The molecule has 0 unspecified atom stereocenters. The van der Waals surface area contributed by atoms with Crippen molar-refractivity contribution < 1.29 is 10.4 Å². The molecule has 0 radical (unpaired) electrons. The van der Waals surface area contributed by atoms with Crippen LogP contribution in [-0.2, 0) is 6.42 Å². The number of quaternary nitrogens is 1. The maximum atomic E-state index is 9.37. The van der Waals surface area contributed by atoms with Gasteiger partial charge in [0.15, 0.2) is 0 Å². The highest BCUT2D eigenvalue weighted by Gasteiger charge is 2.00. The fourth-order valence-corrected chi connectivity index (χ4v) is 1.21. The van der Waals surface area contributed by atoms with Crippen LogP contribution in [0.5, 0.6) is 5.75 Å². The van der Waals surface area contributed by atoms with E-state index in [0.717, 1.165) is 18.5 Å². The molecule has 1 rings (SSSR count). The van der Waals surface area contributed by atoms with E-state index < -0.39 is 0 Å². The molecule has 0 fully saturated rings. The van der Waals surface area contributed by atoms with Crippen molar-refractivity contribution in [3.05, 3.63) is 35.8 Å². The molecule has 0 atom stereocenters. The van der Waals surface area contributed by atoms with Gasteiger partial charge in [-0.2, -0.15) is 7.05 Å². The maximum Gasteiger partial charge on any atom is 0.119 e. The molecule has 3 N–H and O–H groups in total. The zero-order chi connectivity index (χ0) is 8.97. The monoisotopic (exact) mass is 185 g/mol. The average Bonchev–Trinajstić information content (AvgIpc) is 2.07. The molecule has 12 heavy (non-hydrogen) atoms. The molecule has 0 saturated heterocycles. The van der Waals surface area contributed by atoms with Crippen LogP contribution in [0.4, 0.5) is 0 Å². The molecular weight excluding hydrogens is 174 g/mol. The minimum absolute atomic E-state index is 0.307. The van der Waals surface area contributed by atoms with Crippen LogP contribution in [0.3, 0.4) is 0 Å². The van der Waals surface area contributed by atoms with Gasteiger partial charge in [0.1, 0.15) is 5.75 Å². The third kappa shape index (κ3) is 2.40. The van der Waals surface area contributed by atoms with Crippen LogP contribution >= 0.6 is 11.6 Å². The molecular formula is C9H12ClNO. The van der Waals surface area contributed by atoms with Crippen molar-refractivity contribution in [1.29, 1.82) is 0 Å². The quantitative estimate of drug-likeness (QED) is 0.676. The molecule has 0 heterocycles. The van der Waals surface area contributed by atoms with E-state index in [1.807, 2.05) is 5.32 Å². The molecule has 3 heteroatoms. The predicted octanol–water partition coefficient (Wildman–Crippen LogP) is 0.943. The van der Waals surface area contributed by atoms with Crippen LogP contribution in [0.1, 0.15) is 5.56 Å². The number of aromatic hydroxyl groups is 1. The second kappa shape index (κ2) is 4.33. The van der Waals surface area contributed by atoms with Gasteiger partial charge in [0, 0.05) is 17.0 Å². The van der Waals surface area contributed by atoms with Crippen molar-refractivity contribution in [2.24, 2.45) is 0 Å². The Morgan fingerprint density at radius 2 is 2.25 bits per heavy atom. The highest BCUT2D eigenvalue weighted by Crippen LogP contribution is 2.21. The lowest BCUT2D eigenvalue weighted by molar-refractivity contribution is -0.594. The lowest BCUT2D eigenvalue weighted by Crippen LogP contribution is -2.77. The van der Waals surface area contributed by atoms with E-state index in [2.05, 4.69) is 7.05 Å². The van der Waals surface area contributed by atoms with Crippen molar-refractivity contribution in [3.8, 4) is 5.75 Å². The summed E-state index contributed by atoms with van der Waals surface area (Å²) in [5, 5.41) is 11.8. The first kappa shape index (κ1) is 9.36. The lowest BCUT2D eigenvalue weighted by Gasteiger charge is -2.04. The summed E-state index contributed by atoms with van der Waals surface area (Å²) in [5.74, 6) is 0.307. The molecule has 1 aromatic rings. The molecule has 0 spiro atoms. The molecule has 0 aromatic heterocycles. The summed E-state index contributed by atoms with van der Waals surface area (Å²) >= 11 is 5.76. The van der Waals surface area contributed by atoms with E-state index >= 15 is 0 Å². The average molecular weight is 186 g/mol. The fourth-order valence-electron chi connectivity index (χ4n) is 1.01. The summed E-state index contributed by atoms with van der Waals surface area (Å²) in [7, 11) is 3.61. The maximum absolute atomic E-state index is 9.37. The molecule has 0 aliphatic rings. The molecule has 0 amide bonds. The predicted molar refractivity (Wildman–Crippen MR) is 49.0 cm³/mol. The Kier molecular flexibility index (Phi) is 3.38. The Hall–Kier alpha value is -0.730. The van der Waals surface area contributed by atoms with Crippen molar-refractivity contribution in [2.45, 2.75) is 6.42 Å². The smallest absolute Gasteiger partial charge is 0.119 e. The SMILES string of the molecule is [CH2-][NH2+]CCc1cc(Cl)ccc1O. The summed E-state index contributed by atoms with van der Waals surface area (Å²) in [4.78, 5) is 0. The Morgan fingerprint density at radius 1 is 1.50 bits per heavy atom. The third-order valence-corrected chi connectivity index (χ3v) is 1.89. The van der Waals surface area contributed by atoms with E-state index in [1.165, 1.54) is 0 Å². The minimum atomic E-state index is 0.307. The molecule has 1 aromatic carbocycles. The van der Waals surface area contributed by atoms with Crippen molar-refractivity contribution >= 4 is 11.6 Å². The molecule has 0 bridgehead atoms. The molecule has 0 aliphatic carbocycles. The van der Waals surface area contributed by atoms with Crippen LogP contribution < -0.4 is 5.32 Å². The first-order valence-electron chi connectivity index (χ1n) is 3.82. The van der Waals surface area contributed by atoms with Crippen LogP contribution in [0.15, 0.2) is 18.2 Å². The Morgan fingerprint density at radius 3 is 2.92 bits per heavy atom. The van der Waals surface area contributed by atoms with Gasteiger partial charge in [-0.25, -0.2) is 0 Å². The van der Waals surface area contributed by atoms with Gasteiger partial charge in [0.2, 0.25) is 0 Å². The lowest BCUT2D eigenvalue weighted by atomic mass is 10.1. The third-order valence-electron chi connectivity index (χ3n) is 1.66. The summed E-state index contributed by atoms with van der Waals surface area (Å²) < 4.78 is 0. The van der Waals surface area contributed by atoms with Gasteiger partial charge in [-0.3, -0.25) is 0 Å². The number of hydrogen-bond donors (Lipinski definition) is 2. The molecule has 66 valence electrons. The van der Waals surface area contributed by atoms with Gasteiger partial charge in [-0.05, 0) is 18.2 Å². The number of phenols is 1. The Balaban J connectivity index is 2.75. The second-order valence-corrected chi connectivity index (χ2v) is 3.04. The first-order valence-corrected chi connectivity index (χ1v) is 4.20.